The quantitative estimate of drug-likeness (QED) is 0.0118. The maximum absolute atomic E-state index is 13.0. The van der Waals surface area contributed by atoms with Crippen molar-refractivity contribution in [3.63, 3.8) is 0 Å². The summed E-state index contributed by atoms with van der Waals surface area (Å²) in [5.41, 5.74) is 0. The molecule has 0 aromatic rings. The second-order valence-electron chi connectivity index (χ2n) is 27.3. The fraction of sp³-hybridized carbons (Fsp3) is 0.515. The van der Waals surface area contributed by atoms with Crippen molar-refractivity contribution < 1.29 is 167 Å². The minimum Gasteiger partial charge on any atom is -0.447 e. The normalized spacial score (nSPS) is 19.4. The highest BCUT2D eigenvalue weighted by atomic mass is 16.8. The molecule has 0 amide bonds. The van der Waals surface area contributed by atoms with Crippen molar-refractivity contribution in [1.29, 1.82) is 0 Å². The van der Waals surface area contributed by atoms with Gasteiger partial charge in [-0.2, -0.15) is 0 Å². The number of esters is 2. The van der Waals surface area contributed by atoms with Gasteiger partial charge in [-0.15, -0.1) is 0 Å². The zero-order valence-corrected chi connectivity index (χ0v) is 70.5. The van der Waals surface area contributed by atoms with E-state index in [2.05, 4.69) is 298 Å². The molecule has 20 heteroatoms. The molecular formula is C103H200O20. The van der Waals surface area contributed by atoms with E-state index in [9.17, 15) is 60.7 Å². The first-order valence-corrected chi connectivity index (χ1v) is 40.7. The maximum Gasteiger partial charge on any atom is 0.385 e. The molecule has 3 aliphatic rings. The molecule has 20 nitrogen and oxygen atoms in total. The van der Waals surface area contributed by atoms with Gasteiger partial charge in [0.25, 0.3) is 0 Å². The van der Waals surface area contributed by atoms with Crippen LogP contribution in [0, 0.1) is 284 Å². The summed E-state index contributed by atoms with van der Waals surface area (Å²) in [4.78, 5) is 25.5. The lowest BCUT2D eigenvalue weighted by Gasteiger charge is -2.40. The van der Waals surface area contributed by atoms with Crippen molar-refractivity contribution in [2.24, 2.45) is 0 Å². The molecule has 10 N–H and O–H groups in total. The van der Waals surface area contributed by atoms with Gasteiger partial charge in [0, 0.05) is 151 Å². The van der Waals surface area contributed by atoms with Crippen molar-refractivity contribution in [3.8, 4) is 284 Å². The van der Waals surface area contributed by atoms with E-state index in [-0.39, 0.29) is 81.5 Å². The van der Waals surface area contributed by atoms with Crippen LogP contribution in [-0.2, 0) is 47.5 Å². The minimum absolute atomic E-state index is 0. The van der Waals surface area contributed by atoms with Crippen LogP contribution in [0.2, 0.25) is 0 Å². The molecule has 0 saturated carbocycles. The van der Waals surface area contributed by atoms with Gasteiger partial charge in [0.1, 0.15) is 61.0 Å². The van der Waals surface area contributed by atoms with E-state index in [4.69, 9.17) is 37.9 Å². The summed E-state index contributed by atoms with van der Waals surface area (Å²) >= 11 is 0. The second kappa shape index (κ2) is 72.5. The summed E-state index contributed by atoms with van der Waals surface area (Å²) in [5, 5.41) is 102. The lowest BCUT2D eigenvalue weighted by molar-refractivity contribution is -0.306. The third kappa shape index (κ3) is 53.9. The molecule has 0 spiro atoms. The Balaban J connectivity index is -0.0000000312. The summed E-state index contributed by atoms with van der Waals surface area (Å²) in [6.45, 7) is 9.04. The van der Waals surface area contributed by atoms with E-state index < -0.39 is 136 Å². The van der Waals surface area contributed by atoms with Crippen LogP contribution in [0.5, 0.6) is 0 Å². The van der Waals surface area contributed by atoms with Crippen LogP contribution < -0.4 is 0 Å². The Morgan fingerprint density at radius 1 is 0.341 bits per heavy atom. The first-order chi connectivity index (χ1) is 59.9. The number of aliphatic hydroxyl groups is 10. The van der Waals surface area contributed by atoms with Crippen LogP contribution in [0.3, 0.4) is 0 Å². The van der Waals surface area contributed by atoms with Crippen molar-refractivity contribution in [2.75, 3.05) is 26.4 Å². The van der Waals surface area contributed by atoms with Gasteiger partial charge in [0.15, 0.2) is 30.6 Å². The number of rotatable bonds is 39. The highest BCUT2D eigenvalue weighted by Crippen LogP contribution is 2.35. The van der Waals surface area contributed by atoms with E-state index >= 15 is 0 Å². The SMILES string of the molecule is CC#CC#CC#CC#CC#CC#CC#CC#CC#CC#CC#CC#CC(=O)O[C@@H](COC1OC(CO)C(O)C(O)C1O)[C@@H]1OC(C)(C)O[C@@H]1CCCCCCCCCCCCCC.CC#CC#CC#CC#CC#CC#CC#CC#CC#CC#CC#CC#CC(=O)O[C@@H](COC1OC(CO)C(O)C(O)C1O)[C@H](O)[C@H](O)CCCCCCCCCCCCCC.[HH].[HH].[HH].[HH].[HH].[HH].[HH].[HH].[HH].[HH].[HH].[HH].[HH].[HH].[HH].[HH].[HH].[HH].[HH].[HH].[HH].[HH].[HH].[HH].[HH].[HH].[HH].[HH].[HH].[HH].[HH].[HH].[HH].[HH].[HH].[HH].[HH].[HH].[HH].[HH].[HH].[HH].[HH].[HH].[HH].[HH].[HH].[HH]. The Morgan fingerprint density at radius 3 is 0.927 bits per heavy atom. The van der Waals surface area contributed by atoms with Crippen molar-refractivity contribution in [2.45, 2.75) is 312 Å². The number of aliphatic hydroxyl groups excluding tert-OH is 10. The van der Waals surface area contributed by atoms with Gasteiger partial charge in [-0.05, 0) is 230 Å². The Morgan fingerprint density at radius 2 is 0.618 bits per heavy atom. The van der Waals surface area contributed by atoms with Gasteiger partial charge in [0.2, 0.25) is 0 Å². The summed E-state index contributed by atoms with van der Waals surface area (Å²) < 4.78 is 45.6. The Kier molecular flexibility index (Phi) is 63.0. The highest BCUT2D eigenvalue weighted by Gasteiger charge is 2.49. The molecule has 3 rings (SSSR count). The number of hydrogen-bond acceptors (Lipinski definition) is 20. The molecule has 0 aromatic heterocycles. The Bertz CT molecular complexity index is 5190. The van der Waals surface area contributed by atoms with Crippen molar-refractivity contribution in [1.82, 2.24) is 0 Å². The van der Waals surface area contributed by atoms with Gasteiger partial charge in [-0.25, -0.2) is 9.59 Å². The van der Waals surface area contributed by atoms with Gasteiger partial charge >= 0.3 is 11.9 Å². The zero-order chi connectivity index (χ0) is 89.7. The standard InChI is InChI=1S/C53H54O10.C50H50O10.48H2/c1-5-7-9-11-13-15-17-19-20-21-22-23-24-25-26-27-28-29-31-33-35-37-39-41-47(55)60-46(43-59-52-50(58)49(57)48(56)45(42-54)61-52)51-44(62-53(3,4)63-51)40-38-36-34-32-30-18-16-14-12-10-8-6-2;1-3-5-7-9-11-13-15-17-18-19-20-21-22-23-24-25-26-27-29-31-33-35-37-39-45(53)59-44(41-58-50-49(57)48(56)47(55)43(40-51)60-50)46(54)42(52)38-36-34-32-30-28-16-14-12-10-8-6-4-2;;;;;;;;;;;;;;;;;;;;;;;;;;;;;;;;;;;;;;;;;;;;;;;;/h44-46,48-52,54,56-58H,6,8,10,12,14,16,18,30,32,34,36,38,40,42-43H2,1-4H3;42-44,46-52,54-57H,4,6,8,10,12,14,16,28,30,32,34,36,38,40-41H2,1-2H3;48*1H/t44-,45?,46+,48?,49?,50?,51-,52?;42-,43?,44+,46-,47?,48?,49?,50?;;;;;;;;;;;;;;;;;;;;;;;;;;;;;;;;;;;;;;;;;;;;;;;;/m11................................................/s1. The topological polar surface area (TPSA) is 310 Å². The van der Waals surface area contributed by atoms with Crippen LogP contribution in [0.4, 0.5) is 0 Å². The van der Waals surface area contributed by atoms with Crippen LogP contribution in [-0.4, -0.2) is 193 Å². The number of hydrogen-bond donors (Lipinski definition) is 10. The smallest absolute Gasteiger partial charge is 0.385 e. The molecule has 3 aliphatic heterocycles. The monoisotopic (exact) mass is 1760 g/mol. The zero-order valence-electron chi connectivity index (χ0n) is 70.5. The van der Waals surface area contributed by atoms with E-state index in [1.807, 2.05) is 0 Å². The van der Waals surface area contributed by atoms with E-state index in [1.54, 1.807) is 27.7 Å². The molecule has 0 aromatic carbocycles. The molecule has 3 saturated heterocycles. The van der Waals surface area contributed by atoms with Crippen LogP contribution in [0.25, 0.3) is 0 Å². The third-order valence-electron chi connectivity index (χ3n) is 17.3. The Hall–Kier alpha value is -12.3. The minimum atomic E-state index is -1.73. The maximum atomic E-state index is 13.0. The average Bonchev–Trinajstić information content (AvgIpc) is 1.65. The Labute approximate surface area is 800 Å². The summed E-state index contributed by atoms with van der Waals surface area (Å²) in [6, 6.07) is 0. The van der Waals surface area contributed by atoms with Crippen LogP contribution in [0.15, 0.2) is 0 Å². The first kappa shape index (κ1) is 107. The molecule has 3 heterocycles. The summed E-state index contributed by atoms with van der Waals surface area (Å²) in [5.74, 6) is 116. The lowest BCUT2D eigenvalue weighted by atomic mass is 9.99. The number of carbonyl (C=O) groups is 2. The van der Waals surface area contributed by atoms with Crippen LogP contribution >= 0.6 is 0 Å². The van der Waals surface area contributed by atoms with Crippen molar-refractivity contribution >= 4 is 11.9 Å². The van der Waals surface area contributed by atoms with Crippen molar-refractivity contribution in [3.05, 3.63) is 0 Å². The molecule has 10 unspecified atom stereocenters. The molecule has 0 radical (unpaired) electrons. The molecule has 16 atom stereocenters. The van der Waals surface area contributed by atoms with Gasteiger partial charge in [-0.3, -0.25) is 0 Å². The number of carbonyl (C=O) groups excluding carboxylic acids is 2. The molecule has 0 bridgehead atoms. The molecule has 732 valence electrons. The van der Waals surface area contributed by atoms with E-state index in [1.165, 1.54) is 103 Å². The summed E-state index contributed by atoms with van der Waals surface area (Å²) in [7, 11) is 0. The molecule has 3 fully saturated rings. The highest BCUT2D eigenvalue weighted by molar-refractivity contribution is 5.89. The second-order valence-corrected chi connectivity index (χ2v) is 27.3. The molecule has 0 aliphatic carbocycles. The predicted molar refractivity (Wildman–Crippen MR) is 566 cm³/mol. The van der Waals surface area contributed by atoms with E-state index in [0.29, 0.717) is 12.8 Å². The number of ether oxygens (including phenoxy) is 8. The van der Waals surface area contributed by atoms with Crippen LogP contribution in [0.1, 0.15) is 277 Å². The predicted octanol–water partition coefficient (Wildman–Crippen LogP) is 16.8. The third-order valence-corrected chi connectivity index (χ3v) is 17.3. The van der Waals surface area contributed by atoms with E-state index in [0.717, 1.165) is 44.9 Å². The van der Waals surface area contributed by atoms with Gasteiger partial charge in [0.05, 0.1) is 38.6 Å². The largest absolute Gasteiger partial charge is 0.447 e. The molecular weight excluding hydrogens is 1560 g/mol. The van der Waals surface area contributed by atoms with Gasteiger partial charge in [-0.1, -0.05) is 180 Å². The summed E-state index contributed by atoms with van der Waals surface area (Å²) in [6.07, 6.45) is 6.71. The fourth-order valence-electron chi connectivity index (χ4n) is 11.3. The molecule has 123 heavy (non-hydrogen) atoms. The fourth-order valence-corrected chi connectivity index (χ4v) is 11.3. The average molecular weight is 1760 g/mol. The first-order valence-electron chi connectivity index (χ1n) is 40.7. The lowest BCUT2D eigenvalue weighted by Crippen LogP contribution is -2.59. The number of unbranched alkanes of at least 4 members (excludes halogenated alkanes) is 22. The van der Waals surface area contributed by atoms with Gasteiger partial charge < -0.3 is 89.0 Å².